The lowest BCUT2D eigenvalue weighted by Crippen LogP contribution is -2.04. The molecule has 0 aromatic heterocycles. The molecule has 0 heterocycles. The number of nitrogens with two attached hydrogens (primary N) is 1. The van der Waals surface area contributed by atoms with Crippen molar-refractivity contribution in [1.29, 1.82) is 0 Å². The maximum atomic E-state index is 6.01. The van der Waals surface area contributed by atoms with Crippen molar-refractivity contribution in [3.05, 3.63) is 28.3 Å². The third-order valence-electron chi connectivity index (χ3n) is 2.07. The number of hydrogen-bond acceptors (Lipinski definition) is 2. The van der Waals surface area contributed by atoms with Crippen molar-refractivity contribution in [3.63, 3.8) is 0 Å². The minimum Gasteiger partial charge on any atom is -0.497 e. The molecule has 0 atom stereocenters. The highest BCUT2D eigenvalue weighted by molar-refractivity contribution is 6.31. The Kier molecular flexibility index (Phi) is 3.58. The van der Waals surface area contributed by atoms with Gasteiger partial charge < -0.3 is 10.5 Å². The van der Waals surface area contributed by atoms with Gasteiger partial charge in [0.1, 0.15) is 5.75 Å². The molecule has 0 aliphatic heterocycles. The first-order chi connectivity index (χ1) is 6.19. The first-order valence-electron chi connectivity index (χ1n) is 4.22. The molecule has 13 heavy (non-hydrogen) atoms. The second-order valence-electron chi connectivity index (χ2n) is 2.93. The minimum atomic E-state index is 0.629. The summed E-state index contributed by atoms with van der Waals surface area (Å²) < 4.78 is 5.11. The molecule has 72 valence electrons. The molecule has 0 aliphatic rings. The normalized spacial score (nSPS) is 10.2. The van der Waals surface area contributed by atoms with E-state index in [0.717, 1.165) is 28.3 Å². The second-order valence-corrected chi connectivity index (χ2v) is 3.34. The Morgan fingerprint density at radius 2 is 2.15 bits per heavy atom. The van der Waals surface area contributed by atoms with Gasteiger partial charge in [0.25, 0.3) is 0 Å². The van der Waals surface area contributed by atoms with Crippen molar-refractivity contribution in [2.45, 2.75) is 13.3 Å². The van der Waals surface area contributed by atoms with Crippen LogP contribution in [0.1, 0.15) is 11.1 Å². The molecule has 1 rings (SSSR count). The predicted molar refractivity (Wildman–Crippen MR) is 55.5 cm³/mol. The van der Waals surface area contributed by atoms with Gasteiger partial charge in [-0.1, -0.05) is 11.6 Å². The summed E-state index contributed by atoms with van der Waals surface area (Å²) in [6.07, 6.45) is 0.836. The summed E-state index contributed by atoms with van der Waals surface area (Å²) in [7, 11) is 1.63. The summed E-state index contributed by atoms with van der Waals surface area (Å²) in [5.41, 5.74) is 7.74. The van der Waals surface area contributed by atoms with Crippen molar-refractivity contribution in [1.82, 2.24) is 0 Å². The molecule has 0 aliphatic carbocycles. The van der Waals surface area contributed by atoms with Crippen molar-refractivity contribution in [2.75, 3.05) is 13.7 Å². The van der Waals surface area contributed by atoms with Crippen LogP contribution in [0.25, 0.3) is 0 Å². The molecule has 1 aromatic carbocycles. The molecule has 3 heteroatoms. The van der Waals surface area contributed by atoms with Gasteiger partial charge in [0.2, 0.25) is 0 Å². The Bertz CT molecular complexity index is 299. The second kappa shape index (κ2) is 4.49. The lowest BCUT2D eigenvalue weighted by atomic mass is 10.1. The van der Waals surface area contributed by atoms with Crippen LogP contribution < -0.4 is 10.5 Å². The molecule has 0 saturated carbocycles. The monoisotopic (exact) mass is 199 g/mol. The SMILES string of the molecule is COc1cc(Cl)c(C)c(CCN)c1. The molecule has 0 spiro atoms. The van der Waals surface area contributed by atoms with Crippen molar-refractivity contribution < 1.29 is 4.74 Å². The van der Waals surface area contributed by atoms with Crippen molar-refractivity contribution in [2.24, 2.45) is 5.73 Å². The van der Waals surface area contributed by atoms with Crippen LogP contribution in [0, 0.1) is 6.92 Å². The van der Waals surface area contributed by atoms with Crippen LogP contribution in [0.2, 0.25) is 5.02 Å². The summed E-state index contributed by atoms with van der Waals surface area (Å²) >= 11 is 6.01. The van der Waals surface area contributed by atoms with Gasteiger partial charge in [-0.3, -0.25) is 0 Å². The number of hydrogen-bond donors (Lipinski definition) is 1. The van der Waals surface area contributed by atoms with E-state index in [4.69, 9.17) is 22.1 Å². The van der Waals surface area contributed by atoms with E-state index in [2.05, 4.69) is 0 Å². The molecule has 2 nitrogen and oxygen atoms in total. The average molecular weight is 200 g/mol. The molecule has 0 unspecified atom stereocenters. The summed E-state index contributed by atoms with van der Waals surface area (Å²) in [5, 5.41) is 0.739. The molecule has 0 radical (unpaired) electrons. The van der Waals surface area contributed by atoms with Crippen LogP contribution in [0.4, 0.5) is 0 Å². The summed E-state index contributed by atoms with van der Waals surface area (Å²) in [6, 6.07) is 3.80. The Labute approximate surface area is 83.6 Å². The number of halogens is 1. The molecular weight excluding hydrogens is 186 g/mol. The largest absolute Gasteiger partial charge is 0.497 e. The predicted octanol–water partition coefficient (Wildman–Crippen LogP) is 2.16. The van der Waals surface area contributed by atoms with E-state index in [-0.39, 0.29) is 0 Å². The highest BCUT2D eigenvalue weighted by Crippen LogP contribution is 2.25. The maximum absolute atomic E-state index is 6.01. The van der Waals surface area contributed by atoms with E-state index >= 15 is 0 Å². The summed E-state index contributed by atoms with van der Waals surface area (Å²) in [4.78, 5) is 0. The summed E-state index contributed by atoms with van der Waals surface area (Å²) in [5.74, 6) is 0.791. The molecule has 1 aromatic rings. The van der Waals surface area contributed by atoms with Gasteiger partial charge in [0, 0.05) is 5.02 Å². The van der Waals surface area contributed by atoms with E-state index in [9.17, 15) is 0 Å². The lowest BCUT2D eigenvalue weighted by Gasteiger charge is -2.09. The van der Waals surface area contributed by atoms with E-state index in [1.54, 1.807) is 7.11 Å². The fourth-order valence-corrected chi connectivity index (χ4v) is 1.47. The zero-order valence-corrected chi connectivity index (χ0v) is 8.69. The highest BCUT2D eigenvalue weighted by atomic mass is 35.5. The highest BCUT2D eigenvalue weighted by Gasteiger charge is 2.04. The number of rotatable bonds is 3. The average Bonchev–Trinajstić information content (AvgIpc) is 2.13. The van der Waals surface area contributed by atoms with Gasteiger partial charge in [0.05, 0.1) is 7.11 Å². The van der Waals surface area contributed by atoms with E-state index in [0.29, 0.717) is 6.54 Å². The van der Waals surface area contributed by atoms with E-state index in [1.165, 1.54) is 0 Å². The topological polar surface area (TPSA) is 35.2 Å². The number of ether oxygens (including phenoxy) is 1. The van der Waals surface area contributed by atoms with Crippen LogP contribution in [-0.4, -0.2) is 13.7 Å². The van der Waals surface area contributed by atoms with Crippen molar-refractivity contribution in [3.8, 4) is 5.75 Å². The fourth-order valence-electron chi connectivity index (χ4n) is 1.24. The van der Waals surface area contributed by atoms with Crippen LogP contribution in [0.15, 0.2) is 12.1 Å². The molecule has 0 fully saturated rings. The van der Waals surface area contributed by atoms with E-state index in [1.807, 2.05) is 19.1 Å². The third kappa shape index (κ3) is 2.36. The van der Waals surface area contributed by atoms with Gasteiger partial charge in [0.15, 0.2) is 0 Å². The molecule has 0 bridgehead atoms. The zero-order valence-electron chi connectivity index (χ0n) is 7.93. The van der Waals surface area contributed by atoms with Gasteiger partial charge in [-0.15, -0.1) is 0 Å². The lowest BCUT2D eigenvalue weighted by molar-refractivity contribution is 0.414. The number of methoxy groups -OCH3 is 1. The summed E-state index contributed by atoms with van der Waals surface area (Å²) in [6.45, 7) is 2.62. The molecule has 0 saturated heterocycles. The fraction of sp³-hybridized carbons (Fsp3) is 0.400. The van der Waals surface area contributed by atoms with Gasteiger partial charge in [-0.05, 0) is 43.1 Å². The minimum absolute atomic E-state index is 0.629. The van der Waals surface area contributed by atoms with Gasteiger partial charge in [-0.2, -0.15) is 0 Å². The molecular formula is C10H14ClNO. The zero-order chi connectivity index (χ0) is 9.84. The first kappa shape index (κ1) is 10.4. The van der Waals surface area contributed by atoms with Crippen LogP contribution in [0.5, 0.6) is 5.75 Å². The Morgan fingerprint density at radius 1 is 1.46 bits per heavy atom. The third-order valence-corrected chi connectivity index (χ3v) is 2.47. The van der Waals surface area contributed by atoms with Gasteiger partial charge in [-0.25, -0.2) is 0 Å². The molecule has 2 N–H and O–H groups in total. The van der Waals surface area contributed by atoms with Crippen LogP contribution in [0.3, 0.4) is 0 Å². The smallest absolute Gasteiger partial charge is 0.120 e. The standard InChI is InChI=1S/C10H14ClNO/c1-7-8(3-4-12)5-9(13-2)6-10(7)11/h5-6H,3-4,12H2,1-2H3. The van der Waals surface area contributed by atoms with Crippen LogP contribution in [-0.2, 0) is 6.42 Å². The van der Waals surface area contributed by atoms with Gasteiger partial charge >= 0.3 is 0 Å². The quantitative estimate of drug-likeness (QED) is 0.810. The first-order valence-corrected chi connectivity index (χ1v) is 4.60. The Morgan fingerprint density at radius 3 is 2.69 bits per heavy atom. The van der Waals surface area contributed by atoms with Crippen LogP contribution >= 0.6 is 11.6 Å². The molecule has 0 amide bonds. The van der Waals surface area contributed by atoms with Crippen molar-refractivity contribution >= 4 is 11.6 Å². The number of benzene rings is 1. The Hall–Kier alpha value is -0.730. The maximum Gasteiger partial charge on any atom is 0.120 e. The Balaban J connectivity index is 3.09. The van der Waals surface area contributed by atoms with E-state index < -0.39 is 0 Å².